The molecule has 2 aromatic carbocycles. The Kier molecular flexibility index (Phi) is 5.38. The summed E-state index contributed by atoms with van der Waals surface area (Å²) in [4.78, 5) is 31.8. The number of aliphatic hydroxyl groups is 1. The minimum absolute atomic E-state index is 0.000547. The Bertz CT molecular complexity index is 1120. The van der Waals surface area contributed by atoms with Crippen LogP contribution >= 0.6 is 11.6 Å². The van der Waals surface area contributed by atoms with E-state index in [0.29, 0.717) is 22.0 Å². The second kappa shape index (κ2) is 8.13. The smallest absolute Gasteiger partial charge is 0.300 e. The fourth-order valence-electron chi connectivity index (χ4n) is 3.57. The number of anilines is 1. The number of hydrogen-bond donors (Lipinski definition) is 1. The molecule has 1 saturated heterocycles. The van der Waals surface area contributed by atoms with Gasteiger partial charge >= 0.3 is 0 Å². The van der Waals surface area contributed by atoms with Crippen molar-refractivity contribution in [1.29, 1.82) is 0 Å². The van der Waals surface area contributed by atoms with Gasteiger partial charge in [-0.15, -0.1) is 0 Å². The highest BCUT2D eigenvalue weighted by Crippen LogP contribution is 2.41. The summed E-state index contributed by atoms with van der Waals surface area (Å²) in [7, 11) is 0. The summed E-state index contributed by atoms with van der Waals surface area (Å²) in [6.07, 6.45) is 2.46. The van der Waals surface area contributed by atoms with E-state index < -0.39 is 17.7 Å². The Balaban J connectivity index is 1.90. The van der Waals surface area contributed by atoms with E-state index in [4.69, 9.17) is 11.6 Å². The number of nitrogens with zero attached hydrogens (tertiary/aromatic N) is 2. The summed E-state index contributed by atoms with van der Waals surface area (Å²) < 4.78 is 0. The van der Waals surface area contributed by atoms with Gasteiger partial charge in [-0.25, -0.2) is 0 Å². The molecule has 1 atom stereocenters. The number of rotatable bonds is 4. The van der Waals surface area contributed by atoms with Crippen LogP contribution in [0.5, 0.6) is 0 Å². The zero-order valence-electron chi connectivity index (χ0n) is 16.2. The molecule has 1 aliphatic heterocycles. The predicted octanol–water partition coefficient (Wildman–Crippen LogP) is 4.92. The highest BCUT2D eigenvalue weighted by molar-refractivity contribution is 6.51. The van der Waals surface area contributed by atoms with Gasteiger partial charge < -0.3 is 5.11 Å². The van der Waals surface area contributed by atoms with Crippen LogP contribution in [0, 0.1) is 0 Å². The van der Waals surface area contributed by atoms with Gasteiger partial charge in [0.2, 0.25) is 0 Å². The average Bonchev–Trinajstić information content (AvgIpc) is 3.05. The van der Waals surface area contributed by atoms with E-state index in [1.54, 1.807) is 48.7 Å². The van der Waals surface area contributed by atoms with Gasteiger partial charge in [0.25, 0.3) is 11.7 Å². The monoisotopic (exact) mass is 418 g/mol. The van der Waals surface area contributed by atoms with Gasteiger partial charge in [-0.2, -0.15) is 0 Å². The third-order valence-electron chi connectivity index (χ3n) is 5.15. The van der Waals surface area contributed by atoms with Crippen molar-refractivity contribution in [1.82, 2.24) is 4.98 Å². The minimum Gasteiger partial charge on any atom is -0.507 e. The number of aryl methyl sites for hydroxylation is 1. The van der Waals surface area contributed by atoms with Gasteiger partial charge in [0, 0.05) is 22.5 Å². The van der Waals surface area contributed by atoms with Crippen LogP contribution in [0.25, 0.3) is 5.76 Å². The summed E-state index contributed by atoms with van der Waals surface area (Å²) in [5.41, 5.74) is 2.58. The topological polar surface area (TPSA) is 70.5 Å². The Labute approximate surface area is 179 Å². The van der Waals surface area contributed by atoms with Crippen LogP contribution in [-0.4, -0.2) is 21.8 Å². The normalized spacial score (nSPS) is 18.1. The van der Waals surface area contributed by atoms with Crippen molar-refractivity contribution in [2.75, 3.05) is 4.90 Å². The molecular weight excluding hydrogens is 400 g/mol. The molecule has 1 aliphatic rings. The first-order chi connectivity index (χ1) is 14.5. The van der Waals surface area contributed by atoms with Crippen LogP contribution in [0.15, 0.2) is 78.5 Å². The van der Waals surface area contributed by atoms with E-state index in [0.717, 1.165) is 12.0 Å². The van der Waals surface area contributed by atoms with Crippen LogP contribution in [0.1, 0.15) is 29.8 Å². The first-order valence-electron chi connectivity index (χ1n) is 9.58. The lowest BCUT2D eigenvalue weighted by atomic mass is 9.98. The molecule has 0 bridgehead atoms. The standard InChI is InChI=1S/C24H19ClN2O3/c1-2-15-6-12-18(13-7-15)27-21(19-5-3-4-14-26-19)20(23(29)24(27)30)22(28)16-8-10-17(25)11-9-16/h3-14,21,28H,2H2,1H3/b22-20-. The van der Waals surface area contributed by atoms with Crippen molar-refractivity contribution in [3.63, 3.8) is 0 Å². The number of ketones is 1. The summed E-state index contributed by atoms with van der Waals surface area (Å²) in [6, 6.07) is 18.3. The maximum atomic E-state index is 13.0. The number of Topliss-reactive ketones (excluding diaryl/α,β-unsaturated/α-hetero) is 1. The zero-order chi connectivity index (χ0) is 21.3. The molecule has 2 heterocycles. The largest absolute Gasteiger partial charge is 0.507 e. The van der Waals surface area contributed by atoms with Gasteiger partial charge in [-0.05, 0) is 60.5 Å². The van der Waals surface area contributed by atoms with Crippen molar-refractivity contribution < 1.29 is 14.7 Å². The van der Waals surface area contributed by atoms with E-state index in [1.165, 1.54) is 4.90 Å². The van der Waals surface area contributed by atoms with E-state index in [2.05, 4.69) is 4.98 Å². The molecule has 30 heavy (non-hydrogen) atoms. The SMILES string of the molecule is CCc1ccc(N2C(=O)C(=O)/C(=C(\O)c3ccc(Cl)cc3)C2c2ccccn2)cc1. The maximum absolute atomic E-state index is 13.0. The molecule has 1 amide bonds. The Morgan fingerprint density at radius 1 is 1.03 bits per heavy atom. The predicted molar refractivity (Wildman–Crippen MR) is 116 cm³/mol. The molecule has 1 unspecified atom stereocenters. The number of halogens is 1. The van der Waals surface area contributed by atoms with Gasteiger partial charge in [0.05, 0.1) is 11.3 Å². The van der Waals surface area contributed by atoms with E-state index >= 15 is 0 Å². The number of aliphatic hydroxyl groups excluding tert-OH is 1. The fourth-order valence-corrected chi connectivity index (χ4v) is 3.70. The highest BCUT2D eigenvalue weighted by atomic mass is 35.5. The summed E-state index contributed by atoms with van der Waals surface area (Å²) in [5.74, 6) is -1.71. The van der Waals surface area contributed by atoms with Crippen molar-refractivity contribution in [2.24, 2.45) is 0 Å². The molecule has 1 fully saturated rings. The Hall–Kier alpha value is -3.44. The second-order valence-corrected chi connectivity index (χ2v) is 7.39. The molecule has 4 rings (SSSR count). The van der Waals surface area contributed by atoms with Crippen LogP contribution in [0.2, 0.25) is 5.02 Å². The highest BCUT2D eigenvalue weighted by Gasteiger charge is 2.47. The minimum atomic E-state index is -0.839. The van der Waals surface area contributed by atoms with Crippen LogP contribution in [0.4, 0.5) is 5.69 Å². The third kappa shape index (κ3) is 3.48. The molecule has 1 N–H and O–H groups in total. The zero-order valence-corrected chi connectivity index (χ0v) is 17.0. The number of benzene rings is 2. The molecule has 5 nitrogen and oxygen atoms in total. The van der Waals surface area contributed by atoms with Crippen LogP contribution in [0.3, 0.4) is 0 Å². The van der Waals surface area contributed by atoms with E-state index in [1.807, 2.05) is 31.2 Å². The van der Waals surface area contributed by atoms with Gasteiger partial charge in [0.1, 0.15) is 11.8 Å². The van der Waals surface area contributed by atoms with Gasteiger partial charge in [0.15, 0.2) is 0 Å². The molecular formula is C24H19ClN2O3. The molecule has 0 spiro atoms. The first kappa shape index (κ1) is 19.9. The Morgan fingerprint density at radius 3 is 2.33 bits per heavy atom. The van der Waals surface area contributed by atoms with Gasteiger partial charge in [-0.1, -0.05) is 36.7 Å². The Morgan fingerprint density at radius 2 is 1.73 bits per heavy atom. The van der Waals surface area contributed by atoms with Crippen LogP contribution < -0.4 is 4.90 Å². The van der Waals surface area contributed by atoms with E-state index in [9.17, 15) is 14.7 Å². The lowest BCUT2D eigenvalue weighted by Crippen LogP contribution is -2.29. The number of carbonyl (C=O) groups is 2. The molecule has 0 radical (unpaired) electrons. The fraction of sp³-hybridized carbons (Fsp3) is 0.125. The molecule has 3 aromatic rings. The molecule has 6 heteroatoms. The number of pyridine rings is 1. The molecule has 0 saturated carbocycles. The number of aromatic nitrogens is 1. The summed E-state index contributed by atoms with van der Waals surface area (Å²) in [5, 5.41) is 11.5. The van der Waals surface area contributed by atoms with Crippen molar-refractivity contribution >= 4 is 34.7 Å². The van der Waals surface area contributed by atoms with E-state index in [-0.39, 0.29) is 11.3 Å². The van der Waals surface area contributed by atoms with Crippen molar-refractivity contribution in [3.8, 4) is 0 Å². The van der Waals surface area contributed by atoms with Gasteiger partial charge in [-0.3, -0.25) is 19.5 Å². The van der Waals surface area contributed by atoms with Crippen LogP contribution in [-0.2, 0) is 16.0 Å². The summed E-state index contributed by atoms with van der Waals surface area (Å²) >= 11 is 5.94. The summed E-state index contributed by atoms with van der Waals surface area (Å²) in [6.45, 7) is 2.04. The molecule has 150 valence electrons. The lowest BCUT2D eigenvalue weighted by Gasteiger charge is -2.24. The quantitative estimate of drug-likeness (QED) is 0.370. The average molecular weight is 419 g/mol. The van der Waals surface area contributed by atoms with Crippen molar-refractivity contribution in [3.05, 3.63) is 100 Å². The number of carbonyl (C=O) groups excluding carboxylic acids is 2. The lowest BCUT2D eigenvalue weighted by molar-refractivity contribution is -0.132. The number of hydrogen-bond acceptors (Lipinski definition) is 4. The second-order valence-electron chi connectivity index (χ2n) is 6.95. The maximum Gasteiger partial charge on any atom is 0.300 e. The molecule has 1 aromatic heterocycles. The third-order valence-corrected chi connectivity index (χ3v) is 5.40. The number of amides is 1. The molecule has 0 aliphatic carbocycles. The van der Waals surface area contributed by atoms with Crippen molar-refractivity contribution in [2.45, 2.75) is 19.4 Å². The first-order valence-corrected chi connectivity index (χ1v) is 9.96.